The standard InChI is InChI=1S/C29H29N5O5/c1-39-21-7-4-19(5-8-21)18-33-26(35)11-10-25(28(33)36)34-24-9-6-20(31-13-15-32(16-14-31)29(37)38)17-23(24)22-3-2-12-30-27(22)34/h2-9,12,17,25H,10-11,13-16,18H2,1H3,(H,37,38). The van der Waals surface area contributed by atoms with Gasteiger partial charge in [0.1, 0.15) is 17.4 Å². The van der Waals surface area contributed by atoms with Gasteiger partial charge in [-0.3, -0.25) is 14.5 Å². The fourth-order valence-corrected chi connectivity index (χ4v) is 5.67. The summed E-state index contributed by atoms with van der Waals surface area (Å²) in [5.74, 6) is 0.302. The number of methoxy groups -OCH3 is 1. The zero-order valence-corrected chi connectivity index (χ0v) is 21.6. The van der Waals surface area contributed by atoms with Crippen LogP contribution in [-0.4, -0.2) is 75.7 Å². The number of amides is 3. The number of ether oxygens (including phenoxy) is 1. The maximum Gasteiger partial charge on any atom is 0.407 e. The molecule has 0 bridgehead atoms. The van der Waals surface area contributed by atoms with Gasteiger partial charge in [-0.1, -0.05) is 12.1 Å². The summed E-state index contributed by atoms with van der Waals surface area (Å²) in [5, 5.41) is 11.2. The summed E-state index contributed by atoms with van der Waals surface area (Å²) in [4.78, 5) is 47.6. The first kappa shape index (κ1) is 24.7. The normalized spacial score (nSPS) is 18.3. The number of imide groups is 1. The number of anilines is 1. The fraction of sp³-hybridized carbons (Fsp3) is 0.310. The molecule has 39 heavy (non-hydrogen) atoms. The molecule has 2 saturated heterocycles. The highest BCUT2D eigenvalue weighted by atomic mass is 16.5. The maximum atomic E-state index is 13.8. The van der Waals surface area contributed by atoms with Gasteiger partial charge in [0.05, 0.1) is 19.2 Å². The molecule has 0 radical (unpaired) electrons. The highest BCUT2D eigenvalue weighted by Crippen LogP contribution is 2.37. The molecule has 0 saturated carbocycles. The number of aromatic nitrogens is 2. The minimum Gasteiger partial charge on any atom is -0.497 e. The molecule has 0 spiro atoms. The van der Waals surface area contributed by atoms with E-state index in [2.05, 4.69) is 16.0 Å². The Morgan fingerprint density at radius 2 is 1.79 bits per heavy atom. The molecular formula is C29H29N5O5. The summed E-state index contributed by atoms with van der Waals surface area (Å²) in [6, 6.07) is 16.8. The van der Waals surface area contributed by atoms with Crippen LogP contribution < -0.4 is 9.64 Å². The number of rotatable bonds is 5. The second-order valence-electron chi connectivity index (χ2n) is 9.92. The smallest absolute Gasteiger partial charge is 0.407 e. The Morgan fingerprint density at radius 1 is 1.03 bits per heavy atom. The molecule has 1 unspecified atom stereocenters. The first-order chi connectivity index (χ1) is 18.9. The molecule has 2 fully saturated rings. The molecule has 4 aromatic rings. The molecule has 2 aromatic heterocycles. The highest BCUT2D eigenvalue weighted by Gasteiger charge is 2.37. The number of carboxylic acid groups (broad SMARTS) is 1. The van der Waals surface area contributed by atoms with Gasteiger partial charge in [-0.2, -0.15) is 0 Å². The SMILES string of the molecule is COc1ccc(CN2C(=O)CCC(n3c4ccc(N5CCN(C(=O)O)CC5)cc4c4cccnc43)C2=O)cc1. The van der Waals surface area contributed by atoms with Crippen LogP contribution in [0.5, 0.6) is 5.75 Å². The van der Waals surface area contributed by atoms with Gasteiger partial charge in [0.15, 0.2) is 0 Å². The number of benzene rings is 2. The van der Waals surface area contributed by atoms with Crippen molar-refractivity contribution in [2.45, 2.75) is 25.4 Å². The summed E-state index contributed by atoms with van der Waals surface area (Å²) < 4.78 is 7.20. The number of likely N-dealkylation sites (tertiary alicyclic amines) is 1. The van der Waals surface area contributed by atoms with Crippen molar-refractivity contribution in [3.63, 3.8) is 0 Å². The van der Waals surface area contributed by atoms with E-state index in [4.69, 9.17) is 4.74 Å². The quantitative estimate of drug-likeness (QED) is 0.392. The molecule has 2 aliphatic heterocycles. The molecular weight excluding hydrogens is 498 g/mol. The molecule has 2 aromatic carbocycles. The lowest BCUT2D eigenvalue weighted by Gasteiger charge is -2.34. The molecule has 1 N–H and O–H groups in total. The predicted molar refractivity (Wildman–Crippen MR) is 146 cm³/mol. The third-order valence-electron chi connectivity index (χ3n) is 7.76. The van der Waals surface area contributed by atoms with E-state index in [1.165, 1.54) is 9.80 Å². The van der Waals surface area contributed by atoms with Crippen LogP contribution in [0.2, 0.25) is 0 Å². The lowest BCUT2D eigenvalue weighted by Crippen LogP contribution is -2.48. The Hall–Kier alpha value is -4.60. The lowest BCUT2D eigenvalue weighted by atomic mass is 10.0. The van der Waals surface area contributed by atoms with E-state index in [1.807, 2.05) is 53.1 Å². The minimum absolute atomic E-state index is 0.177. The Bertz CT molecular complexity index is 1570. The maximum absolute atomic E-state index is 13.8. The summed E-state index contributed by atoms with van der Waals surface area (Å²) in [7, 11) is 1.60. The van der Waals surface area contributed by atoms with Gasteiger partial charge in [-0.05, 0) is 54.4 Å². The lowest BCUT2D eigenvalue weighted by molar-refractivity contribution is -0.151. The average Bonchev–Trinajstić information content (AvgIpc) is 3.29. The molecule has 1 atom stereocenters. The van der Waals surface area contributed by atoms with Gasteiger partial charge in [0, 0.05) is 55.3 Å². The van der Waals surface area contributed by atoms with E-state index in [0.29, 0.717) is 44.0 Å². The van der Waals surface area contributed by atoms with E-state index < -0.39 is 12.1 Å². The Balaban J connectivity index is 1.34. The Labute approximate surface area is 225 Å². The Kier molecular flexibility index (Phi) is 6.30. The third-order valence-corrected chi connectivity index (χ3v) is 7.76. The van der Waals surface area contributed by atoms with Crippen molar-refractivity contribution in [2.75, 3.05) is 38.2 Å². The van der Waals surface area contributed by atoms with Gasteiger partial charge in [0.2, 0.25) is 5.91 Å². The Morgan fingerprint density at radius 3 is 2.51 bits per heavy atom. The zero-order valence-electron chi connectivity index (χ0n) is 21.6. The van der Waals surface area contributed by atoms with E-state index >= 15 is 0 Å². The van der Waals surface area contributed by atoms with Crippen LogP contribution in [0.4, 0.5) is 10.5 Å². The summed E-state index contributed by atoms with van der Waals surface area (Å²) >= 11 is 0. The van der Waals surface area contributed by atoms with Crippen molar-refractivity contribution < 1.29 is 24.2 Å². The number of piperidine rings is 1. The largest absolute Gasteiger partial charge is 0.497 e. The fourth-order valence-electron chi connectivity index (χ4n) is 5.67. The minimum atomic E-state index is -0.893. The summed E-state index contributed by atoms with van der Waals surface area (Å²) in [6.45, 7) is 2.32. The van der Waals surface area contributed by atoms with Gasteiger partial charge in [0.25, 0.3) is 5.91 Å². The molecule has 0 aliphatic carbocycles. The van der Waals surface area contributed by atoms with Crippen molar-refractivity contribution in [1.29, 1.82) is 0 Å². The monoisotopic (exact) mass is 527 g/mol. The second kappa shape index (κ2) is 9.94. The van der Waals surface area contributed by atoms with Crippen LogP contribution in [-0.2, 0) is 16.1 Å². The number of hydrogen-bond acceptors (Lipinski definition) is 6. The van der Waals surface area contributed by atoms with Crippen molar-refractivity contribution in [3.8, 4) is 5.75 Å². The second-order valence-corrected chi connectivity index (χ2v) is 9.92. The van der Waals surface area contributed by atoms with Crippen molar-refractivity contribution in [2.24, 2.45) is 0 Å². The number of hydrogen-bond donors (Lipinski definition) is 1. The molecule has 10 nitrogen and oxygen atoms in total. The summed E-state index contributed by atoms with van der Waals surface area (Å²) in [5.41, 5.74) is 3.44. The van der Waals surface area contributed by atoms with Gasteiger partial charge >= 0.3 is 6.09 Å². The van der Waals surface area contributed by atoms with Crippen molar-refractivity contribution in [1.82, 2.24) is 19.4 Å². The molecule has 2 aliphatic rings. The highest BCUT2D eigenvalue weighted by molar-refractivity contribution is 6.09. The van der Waals surface area contributed by atoms with Crippen LogP contribution in [0.15, 0.2) is 60.8 Å². The van der Waals surface area contributed by atoms with Crippen LogP contribution in [0.25, 0.3) is 21.9 Å². The summed E-state index contributed by atoms with van der Waals surface area (Å²) in [6.07, 6.45) is 1.51. The van der Waals surface area contributed by atoms with E-state index in [0.717, 1.165) is 27.5 Å². The molecule has 10 heteroatoms. The number of fused-ring (bicyclic) bond motifs is 3. The average molecular weight is 528 g/mol. The van der Waals surface area contributed by atoms with E-state index in [1.54, 1.807) is 13.3 Å². The first-order valence-electron chi connectivity index (χ1n) is 13.0. The molecule has 200 valence electrons. The van der Waals surface area contributed by atoms with Crippen LogP contribution >= 0.6 is 0 Å². The number of piperazine rings is 1. The number of pyridine rings is 1. The van der Waals surface area contributed by atoms with Gasteiger partial charge in [-0.25, -0.2) is 9.78 Å². The van der Waals surface area contributed by atoms with E-state index in [-0.39, 0.29) is 24.8 Å². The zero-order chi connectivity index (χ0) is 27.1. The third kappa shape index (κ3) is 4.41. The van der Waals surface area contributed by atoms with Gasteiger partial charge < -0.3 is 24.2 Å². The molecule has 4 heterocycles. The van der Waals surface area contributed by atoms with Crippen LogP contribution in [0.3, 0.4) is 0 Å². The van der Waals surface area contributed by atoms with Crippen LogP contribution in [0.1, 0.15) is 24.4 Å². The molecule has 3 amide bonds. The first-order valence-corrected chi connectivity index (χ1v) is 13.0. The number of carbonyl (C=O) groups excluding carboxylic acids is 2. The topological polar surface area (TPSA) is 108 Å². The molecule has 6 rings (SSSR count). The van der Waals surface area contributed by atoms with Gasteiger partial charge in [-0.15, -0.1) is 0 Å². The number of carbonyl (C=O) groups is 3. The van der Waals surface area contributed by atoms with Crippen molar-refractivity contribution in [3.05, 3.63) is 66.4 Å². The van der Waals surface area contributed by atoms with E-state index in [9.17, 15) is 19.5 Å². The van der Waals surface area contributed by atoms with Crippen molar-refractivity contribution >= 4 is 45.5 Å². The van der Waals surface area contributed by atoms with Crippen LogP contribution in [0, 0.1) is 0 Å². The predicted octanol–water partition coefficient (Wildman–Crippen LogP) is 3.89. The number of nitrogens with zero attached hydrogens (tertiary/aromatic N) is 5.